The zero-order valence-corrected chi connectivity index (χ0v) is 17.9. The molecule has 0 aliphatic carbocycles. The summed E-state index contributed by atoms with van der Waals surface area (Å²) in [6.45, 7) is -0.624. The molecule has 1 aliphatic rings. The van der Waals surface area contributed by atoms with Gasteiger partial charge in [-0.2, -0.15) is 0 Å². The summed E-state index contributed by atoms with van der Waals surface area (Å²) in [4.78, 5) is 12.3. The third kappa shape index (κ3) is 6.16. The van der Waals surface area contributed by atoms with Crippen LogP contribution in [0, 0.1) is 0 Å². The molecule has 7 N–H and O–H groups in total. The summed E-state index contributed by atoms with van der Waals surface area (Å²) in [6, 6.07) is 8.13. The quantitative estimate of drug-likeness (QED) is 0.155. The molecule has 2 aromatic rings. The molecule has 0 unspecified atom stereocenters. The summed E-state index contributed by atoms with van der Waals surface area (Å²) >= 11 is 0. The van der Waals surface area contributed by atoms with Crippen LogP contribution in [0.25, 0.3) is 6.08 Å². The van der Waals surface area contributed by atoms with Gasteiger partial charge in [0, 0.05) is 6.08 Å². The lowest BCUT2D eigenvalue weighted by atomic mass is 9.99. The predicted molar refractivity (Wildman–Crippen MR) is 116 cm³/mol. The van der Waals surface area contributed by atoms with E-state index in [9.17, 15) is 40.5 Å². The zero-order chi connectivity index (χ0) is 24.8. The van der Waals surface area contributed by atoms with E-state index >= 15 is 0 Å². The van der Waals surface area contributed by atoms with Crippen molar-refractivity contribution in [2.75, 3.05) is 13.2 Å². The van der Waals surface area contributed by atoms with Crippen LogP contribution in [0.1, 0.15) is 11.1 Å². The van der Waals surface area contributed by atoms with Crippen molar-refractivity contribution in [2.45, 2.75) is 37.1 Å². The fraction of sp³-hybridized carbons (Fsp3) is 0.348. The second-order valence-corrected chi connectivity index (χ2v) is 7.63. The summed E-state index contributed by atoms with van der Waals surface area (Å²) in [5.41, 5.74) is 1.02. The Labute approximate surface area is 194 Å². The molecule has 1 heterocycles. The maximum Gasteiger partial charge on any atom is 0.331 e. The van der Waals surface area contributed by atoms with Gasteiger partial charge in [0.1, 0.15) is 18.3 Å². The number of ether oxygens (including phenoxy) is 3. The fourth-order valence-electron chi connectivity index (χ4n) is 3.33. The van der Waals surface area contributed by atoms with E-state index in [1.807, 2.05) is 0 Å². The van der Waals surface area contributed by atoms with E-state index < -0.39 is 43.3 Å². The Hall–Kier alpha value is -3.35. The van der Waals surface area contributed by atoms with E-state index in [0.29, 0.717) is 11.1 Å². The van der Waals surface area contributed by atoms with Crippen LogP contribution in [0.5, 0.6) is 23.0 Å². The maximum absolute atomic E-state index is 12.3. The number of hydrogen-bond acceptors (Lipinski definition) is 11. The molecule has 184 valence electrons. The van der Waals surface area contributed by atoms with Crippen LogP contribution >= 0.6 is 0 Å². The minimum Gasteiger partial charge on any atom is -0.504 e. The van der Waals surface area contributed by atoms with Gasteiger partial charge in [0.15, 0.2) is 35.4 Å². The van der Waals surface area contributed by atoms with Gasteiger partial charge in [-0.15, -0.1) is 0 Å². The Morgan fingerprint density at radius 1 is 0.941 bits per heavy atom. The number of benzene rings is 2. The summed E-state index contributed by atoms with van der Waals surface area (Å²) < 4.78 is 16.1. The molecule has 0 radical (unpaired) electrons. The zero-order valence-electron chi connectivity index (χ0n) is 17.9. The summed E-state index contributed by atoms with van der Waals surface area (Å²) in [7, 11) is 0. The Morgan fingerprint density at radius 2 is 1.62 bits per heavy atom. The van der Waals surface area contributed by atoms with Crippen molar-refractivity contribution in [1.82, 2.24) is 0 Å². The van der Waals surface area contributed by atoms with E-state index in [2.05, 4.69) is 0 Å². The Kier molecular flexibility index (Phi) is 8.31. The first kappa shape index (κ1) is 25.3. The first-order valence-corrected chi connectivity index (χ1v) is 10.3. The van der Waals surface area contributed by atoms with E-state index in [1.54, 1.807) is 6.07 Å². The van der Waals surface area contributed by atoms with Crippen molar-refractivity contribution in [3.63, 3.8) is 0 Å². The van der Waals surface area contributed by atoms with E-state index in [4.69, 9.17) is 14.2 Å². The smallest absolute Gasteiger partial charge is 0.331 e. The van der Waals surface area contributed by atoms with Crippen LogP contribution in [0.15, 0.2) is 42.5 Å². The summed E-state index contributed by atoms with van der Waals surface area (Å²) in [6.07, 6.45) is -4.54. The normalized spacial score (nSPS) is 24.9. The fourth-order valence-corrected chi connectivity index (χ4v) is 3.33. The Balaban J connectivity index is 1.62. The van der Waals surface area contributed by atoms with Crippen LogP contribution in [-0.2, 0) is 25.4 Å². The molecule has 1 saturated heterocycles. The van der Waals surface area contributed by atoms with E-state index in [-0.39, 0.29) is 36.0 Å². The van der Waals surface area contributed by atoms with Crippen LogP contribution < -0.4 is 0 Å². The molecule has 34 heavy (non-hydrogen) atoms. The number of aliphatic hydroxyl groups excluding tert-OH is 3. The molecule has 11 nitrogen and oxygen atoms in total. The molecule has 5 atom stereocenters. The van der Waals surface area contributed by atoms with Gasteiger partial charge in [0.2, 0.25) is 0 Å². The number of esters is 1. The number of rotatable bonds is 8. The summed E-state index contributed by atoms with van der Waals surface area (Å²) in [5, 5.41) is 68.2. The van der Waals surface area contributed by atoms with Gasteiger partial charge >= 0.3 is 5.97 Å². The van der Waals surface area contributed by atoms with Crippen molar-refractivity contribution < 1.29 is 54.8 Å². The molecule has 1 fully saturated rings. The molecular weight excluding hydrogens is 452 g/mol. The molecule has 0 saturated carbocycles. The van der Waals surface area contributed by atoms with Crippen molar-refractivity contribution in [2.24, 2.45) is 0 Å². The number of aromatic hydroxyl groups is 4. The van der Waals surface area contributed by atoms with Gasteiger partial charge in [0.05, 0.1) is 13.2 Å². The van der Waals surface area contributed by atoms with Gasteiger partial charge in [0.25, 0.3) is 0 Å². The van der Waals surface area contributed by atoms with Gasteiger partial charge in [-0.05, 0) is 47.9 Å². The lowest BCUT2D eigenvalue weighted by Gasteiger charge is -2.41. The average Bonchev–Trinajstić information content (AvgIpc) is 2.81. The van der Waals surface area contributed by atoms with Crippen LogP contribution in [-0.4, -0.2) is 85.6 Å². The van der Waals surface area contributed by atoms with E-state index in [1.165, 1.54) is 36.4 Å². The van der Waals surface area contributed by atoms with Crippen LogP contribution in [0.4, 0.5) is 0 Å². The highest BCUT2D eigenvalue weighted by molar-refractivity contribution is 5.87. The number of carbonyl (C=O) groups excluding carboxylic acids is 1. The summed E-state index contributed by atoms with van der Waals surface area (Å²) in [5.74, 6) is -2.18. The highest BCUT2D eigenvalue weighted by atomic mass is 16.7. The van der Waals surface area contributed by atoms with Crippen molar-refractivity contribution in [1.29, 1.82) is 0 Å². The first-order chi connectivity index (χ1) is 16.2. The van der Waals surface area contributed by atoms with E-state index in [0.717, 1.165) is 6.08 Å². The van der Waals surface area contributed by atoms with Crippen molar-refractivity contribution in [3.8, 4) is 23.0 Å². The standard InChI is InChI=1S/C23H26O11/c24-11-18-20(30)22(34-19(29)6-3-12-1-4-14(25)16(27)9-12)21(31)23(33-18)32-8-7-13-2-5-15(26)17(28)10-13/h1-6,9-10,18,20-28,30-31H,7-8,11H2/b6-3+/t18-,20-,21-,22+,23-/m1/s1. The minimum absolute atomic E-state index is 0.00506. The average molecular weight is 478 g/mol. The highest BCUT2D eigenvalue weighted by Crippen LogP contribution is 2.28. The minimum atomic E-state index is -1.58. The number of phenolic OH excluding ortho intramolecular Hbond substituents is 4. The number of carbonyl (C=O) groups is 1. The lowest BCUT2D eigenvalue weighted by molar-refractivity contribution is -0.302. The first-order valence-electron chi connectivity index (χ1n) is 10.3. The molecule has 0 bridgehead atoms. The van der Waals surface area contributed by atoms with Gasteiger partial charge in [-0.1, -0.05) is 12.1 Å². The Bertz CT molecular complexity index is 1020. The molecule has 3 rings (SSSR count). The maximum atomic E-state index is 12.3. The molecule has 0 aromatic heterocycles. The molecular formula is C23H26O11. The molecule has 0 spiro atoms. The monoisotopic (exact) mass is 478 g/mol. The second kappa shape index (κ2) is 11.2. The van der Waals surface area contributed by atoms with Gasteiger partial charge in [-0.25, -0.2) is 4.79 Å². The molecule has 2 aromatic carbocycles. The Morgan fingerprint density at radius 3 is 2.26 bits per heavy atom. The van der Waals surface area contributed by atoms with Gasteiger partial charge < -0.3 is 50.0 Å². The third-order valence-electron chi connectivity index (χ3n) is 5.20. The third-order valence-corrected chi connectivity index (χ3v) is 5.20. The molecule has 0 amide bonds. The van der Waals surface area contributed by atoms with Crippen molar-refractivity contribution in [3.05, 3.63) is 53.6 Å². The topological polar surface area (TPSA) is 186 Å². The van der Waals surface area contributed by atoms with Crippen LogP contribution in [0.2, 0.25) is 0 Å². The van der Waals surface area contributed by atoms with Crippen LogP contribution in [0.3, 0.4) is 0 Å². The highest BCUT2D eigenvalue weighted by Gasteiger charge is 2.47. The lowest BCUT2D eigenvalue weighted by Crippen LogP contribution is -2.60. The molecule has 1 aliphatic heterocycles. The number of phenols is 4. The number of hydrogen-bond donors (Lipinski definition) is 7. The SMILES string of the molecule is O=C(/C=C/c1ccc(O)c(O)c1)O[C@@H]1[C@@H](O)[C@H](OCCc2ccc(O)c(O)c2)O[C@H](CO)[C@H]1O. The van der Waals surface area contributed by atoms with Crippen molar-refractivity contribution >= 4 is 12.0 Å². The van der Waals surface area contributed by atoms with Gasteiger partial charge in [-0.3, -0.25) is 0 Å². The largest absolute Gasteiger partial charge is 0.504 e. The second-order valence-electron chi connectivity index (χ2n) is 7.63. The number of aliphatic hydroxyl groups is 3. The predicted octanol–water partition coefficient (Wildman–Crippen LogP) is 0.132. The molecule has 11 heteroatoms.